The van der Waals surface area contributed by atoms with E-state index in [1.807, 2.05) is 24.5 Å². The van der Waals surface area contributed by atoms with E-state index in [2.05, 4.69) is 21.8 Å². The number of thiocarbonyl (C=S) groups is 1. The van der Waals surface area contributed by atoms with Crippen LogP contribution in [0.5, 0.6) is 0 Å². The molecule has 0 spiro atoms. The van der Waals surface area contributed by atoms with Crippen LogP contribution in [0.4, 0.5) is 0 Å². The van der Waals surface area contributed by atoms with Gasteiger partial charge in [0.25, 0.3) is 0 Å². The molecule has 0 atom stereocenters. The molecular weight excluding hydrogens is 226 g/mol. The van der Waals surface area contributed by atoms with Gasteiger partial charge >= 0.3 is 0 Å². The number of thioether (sulfide) groups is 1. The molecular formula is C10H13N3S2. The molecule has 0 N–H and O–H groups in total. The van der Waals surface area contributed by atoms with Crippen LogP contribution in [0.25, 0.3) is 0 Å². The van der Waals surface area contributed by atoms with Crippen molar-refractivity contribution < 1.29 is 0 Å². The maximum absolute atomic E-state index is 5.33. The van der Waals surface area contributed by atoms with Crippen molar-refractivity contribution in [1.82, 2.24) is 14.8 Å². The number of aromatic nitrogens is 1. The van der Waals surface area contributed by atoms with Crippen LogP contribution in [0, 0.1) is 0 Å². The van der Waals surface area contributed by atoms with Crippen molar-refractivity contribution in [3.63, 3.8) is 0 Å². The van der Waals surface area contributed by atoms with Gasteiger partial charge < -0.3 is 4.90 Å². The lowest BCUT2D eigenvalue weighted by molar-refractivity contribution is 0.244. The molecule has 3 nitrogen and oxygen atoms in total. The first-order valence-electron chi connectivity index (χ1n) is 4.75. The van der Waals surface area contributed by atoms with E-state index >= 15 is 0 Å². The molecule has 1 aromatic rings. The van der Waals surface area contributed by atoms with E-state index in [4.69, 9.17) is 12.2 Å². The molecule has 15 heavy (non-hydrogen) atoms. The Kier molecular flexibility index (Phi) is 3.56. The topological polar surface area (TPSA) is 19.4 Å². The average Bonchev–Trinajstić information content (AvgIpc) is 2.25. The molecule has 2 heterocycles. The van der Waals surface area contributed by atoms with E-state index in [0.717, 1.165) is 23.4 Å². The Labute approximate surface area is 99.5 Å². The number of pyridine rings is 1. The molecule has 0 amide bonds. The maximum Gasteiger partial charge on any atom is 0.138 e. The predicted octanol–water partition coefficient (Wildman–Crippen LogP) is 1.76. The molecule has 5 heteroatoms. The lowest BCUT2D eigenvalue weighted by Gasteiger charge is -2.34. The van der Waals surface area contributed by atoms with Crippen LogP contribution >= 0.6 is 24.0 Å². The van der Waals surface area contributed by atoms with E-state index in [9.17, 15) is 0 Å². The first-order chi connectivity index (χ1) is 7.25. The van der Waals surface area contributed by atoms with Gasteiger partial charge in [0, 0.05) is 18.9 Å². The minimum absolute atomic E-state index is 0.874. The molecule has 1 saturated heterocycles. The molecule has 0 aromatic carbocycles. The smallest absolute Gasteiger partial charge is 0.138 e. The summed E-state index contributed by atoms with van der Waals surface area (Å²) in [6, 6.07) is 4.06. The van der Waals surface area contributed by atoms with Crippen LogP contribution in [0.1, 0.15) is 5.56 Å². The summed E-state index contributed by atoms with van der Waals surface area (Å²) in [5.41, 5.74) is 1.25. The third-order valence-corrected chi connectivity index (χ3v) is 3.89. The van der Waals surface area contributed by atoms with Gasteiger partial charge in [-0.3, -0.25) is 9.88 Å². The van der Waals surface area contributed by atoms with Gasteiger partial charge in [0.2, 0.25) is 0 Å². The van der Waals surface area contributed by atoms with E-state index in [1.165, 1.54) is 5.56 Å². The Morgan fingerprint density at radius 1 is 1.47 bits per heavy atom. The Balaban J connectivity index is 2.01. The fourth-order valence-electron chi connectivity index (χ4n) is 1.47. The van der Waals surface area contributed by atoms with Crippen LogP contribution in [-0.4, -0.2) is 38.7 Å². The lowest BCUT2D eigenvalue weighted by atomic mass is 10.2. The van der Waals surface area contributed by atoms with Gasteiger partial charge in [0.1, 0.15) is 4.32 Å². The summed E-state index contributed by atoms with van der Waals surface area (Å²) >= 11 is 7.05. The molecule has 1 aromatic heterocycles. The molecule has 1 aliphatic heterocycles. The van der Waals surface area contributed by atoms with E-state index in [1.54, 1.807) is 11.8 Å². The van der Waals surface area contributed by atoms with E-state index in [0.29, 0.717) is 0 Å². The van der Waals surface area contributed by atoms with E-state index < -0.39 is 0 Å². The molecule has 0 saturated carbocycles. The molecule has 1 aliphatic rings. The monoisotopic (exact) mass is 239 g/mol. The maximum atomic E-state index is 5.33. The van der Waals surface area contributed by atoms with Crippen molar-refractivity contribution >= 4 is 28.3 Å². The van der Waals surface area contributed by atoms with Gasteiger partial charge in [0.15, 0.2) is 0 Å². The molecule has 0 unspecified atom stereocenters. The summed E-state index contributed by atoms with van der Waals surface area (Å²) in [7, 11) is 2.11. The van der Waals surface area contributed by atoms with Gasteiger partial charge in [-0.1, -0.05) is 24.0 Å². The summed E-state index contributed by atoms with van der Waals surface area (Å²) in [5.74, 6) is 0.992. The zero-order chi connectivity index (χ0) is 10.7. The van der Waals surface area contributed by atoms with Crippen molar-refractivity contribution in [2.75, 3.05) is 19.6 Å². The number of hydrogen-bond donors (Lipinski definition) is 0. The highest BCUT2D eigenvalue weighted by Gasteiger charge is 2.18. The zero-order valence-electron chi connectivity index (χ0n) is 8.59. The van der Waals surface area contributed by atoms with Gasteiger partial charge in [-0.2, -0.15) is 0 Å². The molecule has 2 rings (SSSR count). The Hall–Kier alpha value is -0.650. The second-order valence-electron chi connectivity index (χ2n) is 3.59. The molecule has 0 aliphatic carbocycles. The Morgan fingerprint density at radius 2 is 2.20 bits per heavy atom. The minimum atomic E-state index is 0.874. The van der Waals surface area contributed by atoms with Gasteiger partial charge in [0.05, 0.1) is 12.5 Å². The Bertz CT molecular complexity index is 342. The van der Waals surface area contributed by atoms with E-state index in [-0.39, 0.29) is 0 Å². The predicted molar refractivity (Wildman–Crippen MR) is 67.5 cm³/mol. The van der Waals surface area contributed by atoms with Crippen molar-refractivity contribution in [1.29, 1.82) is 0 Å². The number of rotatable bonds is 2. The normalized spacial score (nSPS) is 18.2. The van der Waals surface area contributed by atoms with Crippen LogP contribution in [0.2, 0.25) is 0 Å². The van der Waals surface area contributed by atoms with Crippen molar-refractivity contribution in [2.24, 2.45) is 0 Å². The fourth-order valence-corrected chi connectivity index (χ4v) is 2.47. The van der Waals surface area contributed by atoms with Crippen molar-refractivity contribution in [3.05, 3.63) is 30.1 Å². The first-order valence-corrected chi connectivity index (χ1v) is 6.14. The zero-order valence-corrected chi connectivity index (χ0v) is 10.2. The van der Waals surface area contributed by atoms with Crippen LogP contribution < -0.4 is 0 Å². The van der Waals surface area contributed by atoms with Crippen LogP contribution in [0.3, 0.4) is 0 Å². The Morgan fingerprint density at radius 3 is 2.93 bits per heavy atom. The van der Waals surface area contributed by atoms with Crippen molar-refractivity contribution in [2.45, 2.75) is 6.54 Å². The number of hydrogen-bond acceptors (Lipinski definition) is 4. The molecule has 1 fully saturated rings. The quantitative estimate of drug-likeness (QED) is 0.730. The largest absolute Gasteiger partial charge is 0.340 e. The van der Waals surface area contributed by atoms with Crippen molar-refractivity contribution in [3.8, 4) is 0 Å². The standard InChI is InChI=1S/C10H13N3S2/c1-12-7-13(10(14)15-8-12)6-9-2-4-11-5-3-9/h2-5H,6-8H2,1H3. The third-order valence-electron chi connectivity index (χ3n) is 2.20. The molecule has 0 bridgehead atoms. The minimum Gasteiger partial charge on any atom is -0.340 e. The first kappa shape index (κ1) is 10.9. The SMILES string of the molecule is CN1CSC(=S)N(Cc2ccncc2)C1. The lowest BCUT2D eigenvalue weighted by Crippen LogP contribution is -2.42. The fraction of sp³-hybridized carbons (Fsp3) is 0.400. The second-order valence-corrected chi connectivity index (χ2v) is 5.17. The summed E-state index contributed by atoms with van der Waals surface area (Å²) < 4.78 is 0.991. The third kappa shape index (κ3) is 2.90. The highest BCUT2D eigenvalue weighted by Crippen LogP contribution is 2.19. The van der Waals surface area contributed by atoms with Crippen LogP contribution in [0.15, 0.2) is 24.5 Å². The average molecular weight is 239 g/mol. The summed E-state index contributed by atoms with van der Waals surface area (Å²) in [6.07, 6.45) is 3.64. The highest BCUT2D eigenvalue weighted by molar-refractivity contribution is 8.22. The number of nitrogens with zero attached hydrogens (tertiary/aromatic N) is 3. The van der Waals surface area contributed by atoms with Gasteiger partial charge in [-0.25, -0.2) is 0 Å². The molecule has 0 radical (unpaired) electrons. The summed E-state index contributed by atoms with van der Waals surface area (Å²) in [4.78, 5) is 8.46. The summed E-state index contributed by atoms with van der Waals surface area (Å²) in [5, 5.41) is 0. The molecule has 80 valence electrons. The summed E-state index contributed by atoms with van der Waals surface area (Å²) in [6.45, 7) is 1.78. The van der Waals surface area contributed by atoms with Crippen LogP contribution in [-0.2, 0) is 6.54 Å². The van der Waals surface area contributed by atoms with Gasteiger partial charge in [-0.15, -0.1) is 0 Å². The van der Waals surface area contributed by atoms with Gasteiger partial charge in [-0.05, 0) is 24.7 Å². The highest BCUT2D eigenvalue weighted by atomic mass is 32.2. The second kappa shape index (κ2) is 4.92.